The van der Waals surface area contributed by atoms with Crippen molar-refractivity contribution in [2.75, 3.05) is 17.7 Å². The van der Waals surface area contributed by atoms with Crippen molar-refractivity contribution in [2.45, 2.75) is 11.8 Å². The van der Waals surface area contributed by atoms with E-state index >= 15 is 0 Å². The van der Waals surface area contributed by atoms with Gasteiger partial charge in [-0.15, -0.1) is 11.8 Å². The van der Waals surface area contributed by atoms with Gasteiger partial charge < -0.3 is 10.1 Å². The summed E-state index contributed by atoms with van der Waals surface area (Å²) in [5.41, 5.74) is 2.48. The van der Waals surface area contributed by atoms with Gasteiger partial charge in [-0.25, -0.2) is 0 Å². The number of benzene rings is 3. The Kier molecular flexibility index (Phi) is 6.34. The van der Waals surface area contributed by atoms with Crippen molar-refractivity contribution in [2.24, 2.45) is 0 Å². The molecular formula is C22H21NO2S. The van der Waals surface area contributed by atoms with E-state index in [0.717, 1.165) is 22.8 Å². The number of anilines is 1. The first-order valence-corrected chi connectivity index (χ1v) is 9.48. The molecule has 1 N–H and O–H groups in total. The quantitative estimate of drug-likeness (QED) is 0.450. The first kappa shape index (κ1) is 18.1. The Balaban J connectivity index is 1.48. The molecule has 0 heterocycles. The Morgan fingerprint density at radius 1 is 0.923 bits per heavy atom. The van der Waals surface area contributed by atoms with Crippen LogP contribution < -0.4 is 10.1 Å². The Labute approximate surface area is 158 Å². The lowest BCUT2D eigenvalue weighted by molar-refractivity contribution is 0.102. The normalized spacial score (nSPS) is 10.3. The van der Waals surface area contributed by atoms with E-state index in [1.54, 1.807) is 23.9 Å². The van der Waals surface area contributed by atoms with Gasteiger partial charge in [0.1, 0.15) is 5.75 Å². The number of thioether (sulfide) groups is 1. The number of ether oxygens (including phenoxy) is 1. The molecule has 4 heteroatoms. The molecule has 0 saturated heterocycles. The van der Waals surface area contributed by atoms with Crippen LogP contribution in [0.2, 0.25) is 0 Å². The molecule has 0 aliphatic rings. The zero-order chi connectivity index (χ0) is 18.2. The predicted octanol–water partition coefficient (Wildman–Crippen LogP) is 5.42. The summed E-state index contributed by atoms with van der Waals surface area (Å²) in [6, 6.07) is 25.2. The lowest BCUT2D eigenvalue weighted by Gasteiger charge is -2.09. The van der Waals surface area contributed by atoms with Gasteiger partial charge in [-0.3, -0.25) is 4.79 Å². The van der Waals surface area contributed by atoms with Crippen LogP contribution in [0.3, 0.4) is 0 Å². The number of aryl methyl sites for hydroxylation is 1. The predicted molar refractivity (Wildman–Crippen MR) is 108 cm³/mol. The summed E-state index contributed by atoms with van der Waals surface area (Å²) in [7, 11) is 0. The fraction of sp³-hybridized carbons (Fsp3) is 0.136. The highest BCUT2D eigenvalue weighted by Crippen LogP contribution is 2.19. The first-order valence-electron chi connectivity index (χ1n) is 8.50. The van der Waals surface area contributed by atoms with Crippen LogP contribution in [-0.4, -0.2) is 18.3 Å². The minimum absolute atomic E-state index is 0.120. The summed E-state index contributed by atoms with van der Waals surface area (Å²) < 4.78 is 5.75. The average molecular weight is 363 g/mol. The number of rotatable bonds is 7. The second kappa shape index (κ2) is 9.11. The molecule has 0 bridgehead atoms. The number of para-hydroxylation sites is 1. The van der Waals surface area contributed by atoms with E-state index in [2.05, 4.69) is 17.4 Å². The number of carbonyl (C=O) groups excluding carboxylic acids is 1. The van der Waals surface area contributed by atoms with Gasteiger partial charge in [0, 0.05) is 21.9 Å². The van der Waals surface area contributed by atoms with Crippen LogP contribution >= 0.6 is 11.8 Å². The summed E-state index contributed by atoms with van der Waals surface area (Å²) in [5, 5.41) is 2.93. The van der Waals surface area contributed by atoms with Crippen molar-refractivity contribution >= 4 is 23.4 Å². The number of nitrogens with one attached hydrogen (secondary N) is 1. The number of hydrogen-bond acceptors (Lipinski definition) is 3. The van der Waals surface area contributed by atoms with Gasteiger partial charge in [0.15, 0.2) is 0 Å². The van der Waals surface area contributed by atoms with Crippen LogP contribution in [0.4, 0.5) is 5.69 Å². The largest absolute Gasteiger partial charge is 0.493 e. The molecule has 132 valence electrons. The molecule has 0 saturated carbocycles. The molecule has 0 atom stereocenters. The Bertz CT molecular complexity index is 848. The summed E-state index contributed by atoms with van der Waals surface area (Å²) in [4.78, 5) is 13.6. The maximum atomic E-state index is 12.3. The van der Waals surface area contributed by atoms with E-state index in [0.29, 0.717) is 12.2 Å². The molecule has 3 rings (SSSR count). The Morgan fingerprint density at radius 3 is 2.35 bits per heavy atom. The van der Waals surface area contributed by atoms with E-state index in [1.807, 2.05) is 61.5 Å². The molecule has 0 aromatic heterocycles. The van der Waals surface area contributed by atoms with Crippen LogP contribution in [0.5, 0.6) is 5.75 Å². The maximum absolute atomic E-state index is 12.3. The van der Waals surface area contributed by atoms with Crippen molar-refractivity contribution in [3.05, 3.63) is 90.0 Å². The van der Waals surface area contributed by atoms with Crippen molar-refractivity contribution < 1.29 is 9.53 Å². The molecule has 0 fully saturated rings. The lowest BCUT2D eigenvalue weighted by atomic mass is 10.1. The van der Waals surface area contributed by atoms with Gasteiger partial charge in [-0.1, -0.05) is 36.4 Å². The molecule has 0 unspecified atom stereocenters. The fourth-order valence-corrected chi connectivity index (χ4v) is 3.20. The van der Waals surface area contributed by atoms with Crippen molar-refractivity contribution in [3.63, 3.8) is 0 Å². The zero-order valence-electron chi connectivity index (χ0n) is 14.6. The van der Waals surface area contributed by atoms with Crippen molar-refractivity contribution in [1.29, 1.82) is 0 Å². The number of carbonyl (C=O) groups is 1. The van der Waals surface area contributed by atoms with Crippen LogP contribution in [0, 0.1) is 6.92 Å². The SMILES string of the molecule is Cc1ccccc1NC(=O)c1ccc(OCCSc2ccccc2)cc1. The van der Waals surface area contributed by atoms with Crippen molar-refractivity contribution in [1.82, 2.24) is 0 Å². The van der Waals surface area contributed by atoms with Gasteiger partial charge in [0.05, 0.1) is 6.61 Å². The van der Waals surface area contributed by atoms with Crippen LogP contribution in [0.15, 0.2) is 83.8 Å². The van der Waals surface area contributed by atoms with Crippen LogP contribution in [-0.2, 0) is 0 Å². The van der Waals surface area contributed by atoms with Gasteiger partial charge >= 0.3 is 0 Å². The molecule has 1 amide bonds. The summed E-state index contributed by atoms with van der Waals surface area (Å²) >= 11 is 1.76. The molecule has 3 aromatic rings. The lowest BCUT2D eigenvalue weighted by Crippen LogP contribution is -2.12. The minimum atomic E-state index is -0.120. The number of hydrogen-bond donors (Lipinski definition) is 1. The van der Waals surface area contributed by atoms with Crippen LogP contribution in [0.1, 0.15) is 15.9 Å². The molecule has 0 aliphatic heterocycles. The third-order valence-electron chi connectivity index (χ3n) is 3.87. The molecule has 3 nitrogen and oxygen atoms in total. The highest BCUT2D eigenvalue weighted by atomic mass is 32.2. The van der Waals surface area contributed by atoms with Crippen LogP contribution in [0.25, 0.3) is 0 Å². The third-order valence-corrected chi connectivity index (χ3v) is 4.85. The summed E-state index contributed by atoms with van der Waals surface area (Å²) in [5.74, 6) is 1.52. The minimum Gasteiger partial charge on any atom is -0.493 e. The highest BCUT2D eigenvalue weighted by molar-refractivity contribution is 7.99. The Morgan fingerprint density at radius 2 is 1.62 bits per heavy atom. The maximum Gasteiger partial charge on any atom is 0.255 e. The van der Waals surface area contributed by atoms with E-state index in [4.69, 9.17) is 4.74 Å². The molecule has 0 spiro atoms. The average Bonchev–Trinajstić information content (AvgIpc) is 2.68. The summed E-state index contributed by atoms with van der Waals surface area (Å²) in [6.45, 7) is 2.59. The monoisotopic (exact) mass is 363 g/mol. The molecule has 3 aromatic carbocycles. The summed E-state index contributed by atoms with van der Waals surface area (Å²) in [6.07, 6.45) is 0. The second-order valence-corrected chi connectivity index (χ2v) is 6.97. The smallest absolute Gasteiger partial charge is 0.255 e. The standard InChI is InChI=1S/C22H21NO2S/c1-17-7-5-6-10-21(17)23-22(24)18-11-13-19(14-12-18)25-15-16-26-20-8-3-2-4-9-20/h2-14H,15-16H2,1H3,(H,23,24). The zero-order valence-corrected chi connectivity index (χ0v) is 15.5. The van der Waals surface area contributed by atoms with Gasteiger partial charge in [0.25, 0.3) is 5.91 Å². The van der Waals surface area contributed by atoms with Crippen molar-refractivity contribution in [3.8, 4) is 5.75 Å². The van der Waals surface area contributed by atoms with Gasteiger partial charge in [-0.05, 0) is 55.0 Å². The molecule has 0 radical (unpaired) electrons. The molecular weight excluding hydrogens is 342 g/mol. The molecule has 0 aliphatic carbocycles. The molecule has 26 heavy (non-hydrogen) atoms. The highest BCUT2D eigenvalue weighted by Gasteiger charge is 2.07. The van der Waals surface area contributed by atoms with E-state index in [-0.39, 0.29) is 5.91 Å². The van der Waals surface area contributed by atoms with Gasteiger partial charge in [0.2, 0.25) is 0 Å². The topological polar surface area (TPSA) is 38.3 Å². The van der Waals surface area contributed by atoms with Gasteiger partial charge in [-0.2, -0.15) is 0 Å². The number of amides is 1. The first-order chi connectivity index (χ1) is 12.7. The third kappa shape index (κ3) is 5.14. The Hall–Kier alpha value is -2.72. The fourth-order valence-electron chi connectivity index (χ4n) is 2.45. The van der Waals surface area contributed by atoms with E-state index in [1.165, 1.54) is 4.90 Å². The second-order valence-electron chi connectivity index (χ2n) is 5.80. The van der Waals surface area contributed by atoms with E-state index in [9.17, 15) is 4.79 Å². The van der Waals surface area contributed by atoms with E-state index < -0.39 is 0 Å².